The van der Waals surface area contributed by atoms with Crippen molar-refractivity contribution < 1.29 is 18.0 Å². The second-order valence-electron chi connectivity index (χ2n) is 7.46. The standard InChI is InChI=1S/C16H23N5O4S2/c1-20(2)15(22)9-3-4-10-12(7-9)21(27(24,25)19-10)16(23)14-18-11-5-6-17-8-13(11)26-14/h9-10,12,17,19H,3-8H2,1-2H3/t9-,10-,12+/m0/s1. The number of carbonyl (C=O) groups excluding carboxylic acids is 2. The van der Waals surface area contributed by atoms with E-state index in [4.69, 9.17) is 0 Å². The molecule has 3 heterocycles. The predicted molar refractivity (Wildman–Crippen MR) is 99.4 cm³/mol. The van der Waals surface area contributed by atoms with Crippen molar-refractivity contribution in [2.75, 3.05) is 20.6 Å². The quantitative estimate of drug-likeness (QED) is 0.689. The van der Waals surface area contributed by atoms with Crippen LogP contribution in [-0.2, 0) is 28.0 Å². The van der Waals surface area contributed by atoms with Gasteiger partial charge >= 0.3 is 10.2 Å². The maximum atomic E-state index is 13.1. The minimum atomic E-state index is -3.93. The number of aromatic nitrogens is 1. The Hall–Kier alpha value is -1.56. The summed E-state index contributed by atoms with van der Waals surface area (Å²) < 4.78 is 28.9. The first-order chi connectivity index (χ1) is 12.8. The molecule has 0 aromatic carbocycles. The Morgan fingerprint density at radius 3 is 2.78 bits per heavy atom. The average molecular weight is 414 g/mol. The number of amides is 2. The van der Waals surface area contributed by atoms with Gasteiger partial charge in [0.05, 0.1) is 11.7 Å². The van der Waals surface area contributed by atoms with Crippen LogP contribution in [0.3, 0.4) is 0 Å². The second kappa shape index (κ2) is 6.80. The van der Waals surface area contributed by atoms with Gasteiger partial charge in [-0.15, -0.1) is 11.3 Å². The highest BCUT2D eigenvalue weighted by atomic mass is 32.2. The van der Waals surface area contributed by atoms with Gasteiger partial charge in [0.15, 0.2) is 5.01 Å². The minimum absolute atomic E-state index is 0.0269. The van der Waals surface area contributed by atoms with Crippen molar-refractivity contribution >= 4 is 33.4 Å². The molecule has 27 heavy (non-hydrogen) atoms. The Balaban J connectivity index is 1.62. The lowest BCUT2D eigenvalue weighted by atomic mass is 9.82. The van der Waals surface area contributed by atoms with Crippen LogP contribution in [0, 0.1) is 5.92 Å². The Bertz CT molecular complexity index is 858. The van der Waals surface area contributed by atoms with E-state index >= 15 is 0 Å². The fourth-order valence-electron chi connectivity index (χ4n) is 4.13. The van der Waals surface area contributed by atoms with Crippen LogP contribution in [0.5, 0.6) is 0 Å². The molecule has 2 aliphatic heterocycles. The molecule has 2 N–H and O–H groups in total. The number of hydrogen-bond acceptors (Lipinski definition) is 7. The van der Waals surface area contributed by atoms with Gasteiger partial charge in [-0.1, -0.05) is 0 Å². The monoisotopic (exact) mass is 413 g/mol. The summed E-state index contributed by atoms with van der Waals surface area (Å²) in [6.45, 7) is 1.45. The Morgan fingerprint density at radius 1 is 1.30 bits per heavy atom. The van der Waals surface area contributed by atoms with Crippen LogP contribution >= 0.6 is 11.3 Å². The van der Waals surface area contributed by atoms with Gasteiger partial charge in [-0.05, 0) is 19.3 Å². The molecule has 9 nitrogen and oxygen atoms in total. The molecule has 1 saturated heterocycles. The summed E-state index contributed by atoms with van der Waals surface area (Å²) in [4.78, 5) is 32.4. The zero-order valence-corrected chi connectivity index (χ0v) is 16.9. The summed E-state index contributed by atoms with van der Waals surface area (Å²) >= 11 is 1.25. The van der Waals surface area contributed by atoms with Crippen LogP contribution in [0.15, 0.2) is 0 Å². The zero-order chi connectivity index (χ0) is 19.3. The van der Waals surface area contributed by atoms with Crippen molar-refractivity contribution in [2.24, 2.45) is 5.92 Å². The minimum Gasteiger partial charge on any atom is -0.349 e. The molecule has 148 valence electrons. The van der Waals surface area contributed by atoms with E-state index in [2.05, 4.69) is 15.0 Å². The van der Waals surface area contributed by atoms with Crippen LogP contribution in [0.1, 0.15) is 39.6 Å². The summed E-state index contributed by atoms with van der Waals surface area (Å²) in [5.74, 6) is -0.895. The highest BCUT2D eigenvalue weighted by molar-refractivity contribution is 7.88. The average Bonchev–Trinajstić information content (AvgIpc) is 3.16. The first-order valence-electron chi connectivity index (χ1n) is 9.04. The lowest BCUT2D eigenvalue weighted by Crippen LogP contribution is -2.47. The lowest BCUT2D eigenvalue weighted by molar-refractivity contribution is -0.134. The van der Waals surface area contributed by atoms with Gasteiger partial charge in [0.2, 0.25) is 5.91 Å². The van der Waals surface area contributed by atoms with Crippen molar-refractivity contribution in [3.8, 4) is 0 Å². The van der Waals surface area contributed by atoms with E-state index in [1.807, 2.05) is 0 Å². The normalized spacial score (nSPS) is 29.1. The van der Waals surface area contributed by atoms with Gasteiger partial charge in [-0.25, -0.2) is 9.29 Å². The van der Waals surface area contributed by atoms with Crippen molar-refractivity contribution in [3.05, 3.63) is 15.6 Å². The summed E-state index contributed by atoms with van der Waals surface area (Å²) in [6, 6.07) is -0.898. The fraction of sp³-hybridized carbons (Fsp3) is 0.688. The highest BCUT2D eigenvalue weighted by Gasteiger charge is 2.51. The predicted octanol–water partition coefficient (Wildman–Crippen LogP) is -0.295. The molecular weight excluding hydrogens is 390 g/mol. The first-order valence-corrected chi connectivity index (χ1v) is 11.3. The van der Waals surface area contributed by atoms with Crippen molar-refractivity contribution in [2.45, 2.75) is 44.3 Å². The Kier molecular flexibility index (Phi) is 4.73. The van der Waals surface area contributed by atoms with Crippen LogP contribution in [0.4, 0.5) is 0 Å². The number of hydrogen-bond donors (Lipinski definition) is 2. The molecular formula is C16H23N5O4S2. The molecule has 0 spiro atoms. The number of rotatable bonds is 2. The van der Waals surface area contributed by atoms with Gasteiger partial charge in [0, 0.05) is 50.4 Å². The fourth-order valence-corrected chi connectivity index (χ4v) is 6.87. The van der Waals surface area contributed by atoms with Gasteiger partial charge in [-0.2, -0.15) is 13.1 Å². The lowest BCUT2D eigenvalue weighted by Gasteiger charge is -2.33. The zero-order valence-electron chi connectivity index (χ0n) is 15.3. The molecule has 0 unspecified atom stereocenters. The number of thiazole rings is 1. The van der Waals surface area contributed by atoms with E-state index in [0.717, 1.165) is 27.8 Å². The van der Waals surface area contributed by atoms with E-state index < -0.39 is 22.2 Å². The largest absolute Gasteiger partial charge is 0.349 e. The smallest absolute Gasteiger partial charge is 0.304 e. The third-order valence-corrected chi connectivity index (χ3v) is 8.09. The van der Waals surface area contributed by atoms with E-state index in [9.17, 15) is 18.0 Å². The van der Waals surface area contributed by atoms with Crippen LogP contribution < -0.4 is 10.0 Å². The Labute approximate surface area is 162 Å². The molecule has 1 saturated carbocycles. The summed E-state index contributed by atoms with van der Waals surface area (Å²) in [7, 11) is -0.549. The molecule has 4 rings (SSSR count). The first kappa shape index (κ1) is 18.8. The number of carbonyl (C=O) groups is 2. The molecule has 3 aliphatic rings. The molecule has 1 aromatic heterocycles. The molecule has 2 amide bonds. The van der Waals surface area contributed by atoms with E-state index in [-0.39, 0.29) is 22.9 Å². The molecule has 0 bridgehead atoms. The maximum absolute atomic E-state index is 13.1. The number of fused-ring (bicyclic) bond motifs is 2. The molecule has 2 fully saturated rings. The van der Waals surface area contributed by atoms with Gasteiger partial charge in [0.25, 0.3) is 5.91 Å². The molecule has 1 aliphatic carbocycles. The molecule has 1 aromatic rings. The SMILES string of the molecule is CN(C)C(=O)[C@H]1CC[C@@H]2NS(=O)(=O)N(C(=O)c3nc4c(s3)CNCC4)[C@@H]2C1. The van der Waals surface area contributed by atoms with Gasteiger partial charge in [0.1, 0.15) is 0 Å². The van der Waals surface area contributed by atoms with E-state index in [0.29, 0.717) is 25.8 Å². The van der Waals surface area contributed by atoms with Crippen LogP contribution in [0.25, 0.3) is 0 Å². The molecule has 0 radical (unpaired) electrons. The van der Waals surface area contributed by atoms with Crippen molar-refractivity contribution in [3.63, 3.8) is 0 Å². The summed E-state index contributed by atoms with van der Waals surface area (Å²) in [6.07, 6.45) is 2.22. The van der Waals surface area contributed by atoms with Gasteiger partial charge < -0.3 is 10.2 Å². The van der Waals surface area contributed by atoms with E-state index in [1.165, 1.54) is 16.2 Å². The molecule has 11 heteroatoms. The third-order valence-electron chi connectivity index (χ3n) is 5.45. The van der Waals surface area contributed by atoms with Crippen LogP contribution in [-0.4, -0.2) is 67.1 Å². The highest BCUT2D eigenvalue weighted by Crippen LogP contribution is 2.36. The third kappa shape index (κ3) is 3.26. The van der Waals surface area contributed by atoms with Gasteiger partial charge in [-0.3, -0.25) is 9.59 Å². The van der Waals surface area contributed by atoms with Crippen molar-refractivity contribution in [1.29, 1.82) is 0 Å². The number of nitrogens with one attached hydrogen (secondary N) is 2. The van der Waals surface area contributed by atoms with Crippen molar-refractivity contribution in [1.82, 2.24) is 24.2 Å². The summed E-state index contributed by atoms with van der Waals surface area (Å²) in [5.41, 5.74) is 0.868. The number of nitrogens with zero attached hydrogens (tertiary/aromatic N) is 3. The second-order valence-corrected chi connectivity index (χ2v) is 10.1. The van der Waals surface area contributed by atoms with Crippen LogP contribution in [0.2, 0.25) is 0 Å². The topological polar surface area (TPSA) is 112 Å². The summed E-state index contributed by atoms with van der Waals surface area (Å²) in [5, 5.41) is 3.43. The maximum Gasteiger partial charge on any atom is 0.304 e. The van der Waals surface area contributed by atoms with E-state index in [1.54, 1.807) is 14.1 Å². The molecule has 3 atom stereocenters. The Morgan fingerprint density at radius 2 is 2.07 bits per heavy atom.